The molecular weight excluding hydrogens is 386 g/mol. The molecule has 154 valence electrons. The average molecular weight is 411 g/mol. The Balaban J connectivity index is 1.90. The third kappa shape index (κ3) is 5.87. The fraction of sp³-hybridized carbons (Fsp3) is 0.526. The first kappa shape index (κ1) is 22.0. The van der Waals surface area contributed by atoms with Crippen molar-refractivity contribution in [3.05, 3.63) is 23.8 Å². The summed E-state index contributed by atoms with van der Waals surface area (Å²) in [6.45, 7) is 6.10. The Labute approximate surface area is 168 Å². The van der Waals surface area contributed by atoms with Gasteiger partial charge in [-0.2, -0.15) is 0 Å². The molecule has 0 fully saturated rings. The van der Waals surface area contributed by atoms with E-state index in [0.29, 0.717) is 35.3 Å². The average Bonchev–Trinajstić information content (AvgIpc) is 3.05. The van der Waals surface area contributed by atoms with Crippen molar-refractivity contribution < 1.29 is 33.6 Å². The normalized spacial score (nSPS) is 18.5. The first-order valence-electron chi connectivity index (χ1n) is 8.99. The number of carbonyl (C=O) groups is 2. The third-order valence-corrected chi connectivity index (χ3v) is 5.07. The van der Waals surface area contributed by atoms with E-state index in [4.69, 9.17) is 18.9 Å². The number of phenols is 1. The summed E-state index contributed by atoms with van der Waals surface area (Å²) in [4.78, 5) is 27.7. The Hall–Kier alpha value is -2.26. The van der Waals surface area contributed by atoms with Crippen molar-refractivity contribution in [2.45, 2.75) is 26.3 Å². The summed E-state index contributed by atoms with van der Waals surface area (Å²) in [6.07, 6.45) is 0. The minimum Gasteiger partial charge on any atom is -0.507 e. The zero-order valence-electron chi connectivity index (χ0n) is 16.2. The van der Waals surface area contributed by atoms with E-state index in [1.54, 1.807) is 32.9 Å². The quantitative estimate of drug-likeness (QED) is 0.461. The highest BCUT2D eigenvalue weighted by Gasteiger charge is 2.40. The van der Waals surface area contributed by atoms with Gasteiger partial charge in [0, 0.05) is 17.4 Å². The molecular formula is C19H25NO7S. The second-order valence-electron chi connectivity index (χ2n) is 6.08. The van der Waals surface area contributed by atoms with Crippen molar-refractivity contribution >= 4 is 28.7 Å². The molecule has 1 N–H and O–H groups in total. The van der Waals surface area contributed by atoms with Crippen LogP contribution in [0.1, 0.15) is 26.3 Å². The number of hydrogen-bond acceptors (Lipinski definition) is 9. The van der Waals surface area contributed by atoms with Gasteiger partial charge in [0.2, 0.25) is 0 Å². The minimum absolute atomic E-state index is 0.00398. The largest absolute Gasteiger partial charge is 0.507 e. The number of esters is 2. The van der Waals surface area contributed by atoms with Crippen LogP contribution >= 0.6 is 11.8 Å². The van der Waals surface area contributed by atoms with E-state index in [9.17, 15) is 14.7 Å². The number of nitrogens with zero attached hydrogens (tertiary/aromatic N) is 1. The molecule has 0 amide bonds. The summed E-state index contributed by atoms with van der Waals surface area (Å²) in [5.41, 5.74) is -0.419. The molecule has 0 aromatic heterocycles. The number of benzene rings is 1. The Morgan fingerprint density at radius 3 is 2.64 bits per heavy atom. The summed E-state index contributed by atoms with van der Waals surface area (Å²) < 4.78 is 20.5. The van der Waals surface area contributed by atoms with E-state index in [2.05, 4.69) is 4.99 Å². The highest BCUT2D eigenvalue weighted by Crippen LogP contribution is 2.35. The third-order valence-electron chi connectivity index (χ3n) is 3.77. The second-order valence-corrected chi connectivity index (χ2v) is 7.05. The molecule has 0 unspecified atom stereocenters. The van der Waals surface area contributed by atoms with E-state index in [-0.39, 0.29) is 31.5 Å². The van der Waals surface area contributed by atoms with Gasteiger partial charge in [-0.1, -0.05) is 0 Å². The Kier molecular flexibility index (Phi) is 8.13. The van der Waals surface area contributed by atoms with Crippen molar-refractivity contribution in [1.29, 1.82) is 0 Å². The zero-order valence-corrected chi connectivity index (χ0v) is 17.0. The van der Waals surface area contributed by atoms with Gasteiger partial charge < -0.3 is 24.1 Å². The number of aliphatic imine (C=N–C) groups is 1. The fourth-order valence-electron chi connectivity index (χ4n) is 2.39. The summed E-state index contributed by atoms with van der Waals surface area (Å²) in [5.74, 6) is 0.118. The SMILES string of the molecule is CCOC(=O)COCCOc1ccc(C2=N[C@@](C)(C(=O)OCC)CS2)c(O)c1. The van der Waals surface area contributed by atoms with Gasteiger partial charge in [0.1, 0.15) is 29.8 Å². The lowest BCUT2D eigenvalue weighted by molar-refractivity contribution is -0.149. The molecule has 0 saturated heterocycles. The lowest BCUT2D eigenvalue weighted by Crippen LogP contribution is -2.35. The summed E-state index contributed by atoms with van der Waals surface area (Å²) in [6, 6.07) is 4.86. The predicted molar refractivity (Wildman–Crippen MR) is 105 cm³/mol. The summed E-state index contributed by atoms with van der Waals surface area (Å²) in [7, 11) is 0. The van der Waals surface area contributed by atoms with Gasteiger partial charge in [0.15, 0.2) is 5.54 Å². The van der Waals surface area contributed by atoms with Crippen LogP contribution in [-0.2, 0) is 23.8 Å². The zero-order chi connectivity index (χ0) is 20.6. The summed E-state index contributed by atoms with van der Waals surface area (Å²) >= 11 is 1.39. The Morgan fingerprint density at radius 2 is 1.96 bits per heavy atom. The van der Waals surface area contributed by atoms with Crippen LogP contribution in [0.15, 0.2) is 23.2 Å². The molecule has 28 heavy (non-hydrogen) atoms. The number of rotatable bonds is 10. The molecule has 1 heterocycles. The van der Waals surface area contributed by atoms with Gasteiger partial charge in [0.05, 0.1) is 19.8 Å². The molecule has 1 aromatic carbocycles. The molecule has 8 nitrogen and oxygen atoms in total. The maximum absolute atomic E-state index is 12.1. The van der Waals surface area contributed by atoms with Crippen molar-refractivity contribution in [3.8, 4) is 11.5 Å². The smallest absolute Gasteiger partial charge is 0.334 e. The maximum Gasteiger partial charge on any atom is 0.334 e. The van der Waals surface area contributed by atoms with Gasteiger partial charge in [-0.05, 0) is 32.9 Å². The van der Waals surface area contributed by atoms with E-state index in [1.165, 1.54) is 17.8 Å². The van der Waals surface area contributed by atoms with Crippen molar-refractivity contribution in [2.75, 3.05) is 38.8 Å². The molecule has 0 bridgehead atoms. The van der Waals surface area contributed by atoms with E-state index >= 15 is 0 Å². The lowest BCUT2D eigenvalue weighted by Gasteiger charge is -2.16. The standard InChI is InChI=1S/C19H25NO7S/c1-4-25-16(22)11-24-8-9-27-13-6-7-14(15(21)10-13)17-20-19(3,12-28-17)18(23)26-5-2/h6-7,10,21H,4-5,8-9,11-12H2,1-3H3/t19-/m1/s1. The number of ether oxygens (including phenoxy) is 4. The highest BCUT2D eigenvalue weighted by atomic mass is 32.2. The van der Waals surface area contributed by atoms with Crippen molar-refractivity contribution in [1.82, 2.24) is 0 Å². The first-order chi connectivity index (χ1) is 13.4. The molecule has 1 atom stereocenters. The molecule has 0 saturated carbocycles. The van der Waals surface area contributed by atoms with Crippen LogP contribution in [0.5, 0.6) is 11.5 Å². The molecule has 2 rings (SSSR count). The van der Waals surface area contributed by atoms with Crippen LogP contribution in [0.3, 0.4) is 0 Å². The monoisotopic (exact) mass is 411 g/mol. The minimum atomic E-state index is -0.951. The number of carbonyl (C=O) groups excluding carboxylic acids is 2. The van der Waals surface area contributed by atoms with Crippen molar-refractivity contribution in [3.63, 3.8) is 0 Å². The maximum atomic E-state index is 12.1. The molecule has 1 aliphatic rings. The molecule has 0 spiro atoms. The number of aromatic hydroxyl groups is 1. The van der Waals surface area contributed by atoms with Gasteiger partial charge in [-0.25, -0.2) is 9.59 Å². The van der Waals surface area contributed by atoms with Crippen LogP contribution in [-0.4, -0.2) is 66.4 Å². The first-order valence-corrected chi connectivity index (χ1v) is 9.97. The number of thioether (sulfide) groups is 1. The van der Waals surface area contributed by atoms with E-state index in [1.807, 2.05) is 0 Å². The Morgan fingerprint density at radius 1 is 1.21 bits per heavy atom. The summed E-state index contributed by atoms with van der Waals surface area (Å²) in [5, 5.41) is 10.9. The van der Waals surface area contributed by atoms with Gasteiger partial charge in [-0.3, -0.25) is 4.99 Å². The fourth-order valence-corrected chi connectivity index (χ4v) is 3.58. The van der Waals surface area contributed by atoms with Crippen LogP contribution in [0.4, 0.5) is 0 Å². The molecule has 0 radical (unpaired) electrons. The van der Waals surface area contributed by atoms with E-state index < -0.39 is 11.5 Å². The predicted octanol–water partition coefficient (Wildman–Crippen LogP) is 2.17. The van der Waals surface area contributed by atoms with E-state index in [0.717, 1.165) is 0 Å². The number of phenolic OH excluding ortho intramolecular Hbond substituents is 1. The van der Waals surface area contributed by atoms with Crippen LogP contribution in [0, 0.1) is 0 Å². The molecule has 9 heteroatoms. The van der Waals surface area contributed by atoms with Crippen LogP contribution < -0.4 is 4.74 Å². The van der Waals surface area contributed by atoms with Crippen LogP contribution in [0.25, 0.3) is 0 Å². The Bertz CT molecular complexity index is 737. The van der Waals surface area contributed by atoms with Crippen LogP contribution in [0.2, 0.25) is 0 Å². The van der Waals surface area contributed by atoms with Gasteiger partial charge in [0.25, 0.3) is 0 Å². The molecule has 1 aromatic rings. The molecule has 0 aliphatic carbocycles. The number of hydrogen-bond donors (Lipinski definition) is 1. The van der Waals surface area contributed by atoms with Gasteiger partial charge >= 0.3 is 11.9 Å². The van der Waals surface area contributed by atoms with Crippen molar-refractivity contribution in [2.24, 2.45) is 4.99 Å². The van der Waals surface area contributed by atoms with Gasteiger partial charge in [-0.15, -0.1) is 11.8 Å². The highest BCUT2D eigenvalue weighted by molar-refractivity contribution is 8.14. The molecule has 1 aliphatic heterocycles. The topological polar surface area (TPSA) is 104 Å². The lowest BCUT2D eigenvalue weighted by atomic mass is 10.1. The second kappa shape index (κ2) is 10.3.